The van der Waals surface area contributed by atoms with Gasteiger partial charge in [0.1, 0.15) is 12.4 Å². The van der Waals surface area contributed by atoms with Crippen molar-refractivity contribution in [3.8, 4) is 5.75 Å². The van der Waals surface area contributed by atoms with Crippen molar-refractivity contribution in [1.82, 2.24) is 4.90 Å². The van der Waals surface area contributed by atoms with Crippen LogP contribution in [0.1, 0.15) is 49.4 Å². The van der Waals surface area contributed by atoms with Gasteiger partial charge in [-0.1, -0.05) is 107 Å². The van der Waals surface area contributed by atoms with Gasteiger partial charge in [0.05, 0.1) is 8.07 Å². The van der Waals surface area contributed by atoms with E-state index >= 15 is 0 Å². The number of fused-ring (bicyclic) bond motifs is 2. The lowest BCUT2D eigenvalue weighted by atomic mass is 9.86. The number of hydrogen-bond acceptors (Lipinski definition) is 2. The topological polar surface area (TPSA) is 12.5 Å². The van der Waals surface area contributed by atoms with Gasteiger partial charge in [0, 0.05) is 46.4 Å². The zero-order valence-corrected chi connectivity index (χ0v) is 24.0. The standard InChI is InChI=1S/C32H38ClNOSi/c1-7-16-35-31-27(32(2,3)4)17-24(33)18-30(31)36(5,6)29-19-28(25-14-10-11-15-26(25)29)34-20-22-12-8-9-13-23(22)21-34/h7-12,14-15,17-19,23,29H,1,13,16,20-21H2,2-6H3. The van der Waals surface area contributed by atoms with Crippen molar-refractivity contribution in [1.29, 1.82) is 0 Å². The Morgan fingerprint density at radius 1 is 1.19 bits per heavy atom. The van der Waals surface area contributed by atoms with Crippen LogP contribution in [0.15, 0.2) is 78.9 Å². The molecule has 1 heterocycles. The third-order valence-corrected chi connectivity index (χ3v) is 12.1. The summed E-state index contributed by atoms with van der Waals surface area (Å²) in [4.78, 5) is 2.61. The molecule has 1 fully saturated rings. The largest absolute Gasteiger partial charge is 0.489 e. The molecule has 188 valence electrons. The highest BCUT2D eigenvalue weighted by Gasteiger charge is 2.43. The Bertz CT molecular complexity index is 1280. The van der Waals surface area contributed by atoms with Gasteiger partial charge >= 0.3 is 0 Å². The second-order valence-corrected chi connectivity index (χ2v) is 17.0. The van der Waals surface area contributed by atoms with Crippen LogP contribution in [-0.4, -0.2) is 32.7 Å². The van der Waals surface area contributed by atoms with E-state index in [4.69, 9.17) is 16.3 Å². The van der Waals surface area contributed by atoms with Gasteiger partial charge in [-0.05, 0) is 40.3 Å². The molecule has 0 N–H and O–H groups in total. The van der Waals surface area contributed by atoms with Crippen LogP contribution in [0, 0.1) is 5.92 Å². The van der Waals surface area contributed by atoms with Crippen LogP contribution in [0.25, 0.3) is 5.70 Å². The molecule has 1 aliphatic heterocycles. The van der Waals surface area contributed by atoms with Crippen molar-refractivity contribution in [3.63, 3.8) is 0 Å². The van der Waals surface area contributed by atoms with E-state index in [1.165, 1.54) is 27.6 Å². The van der Waals surface area contributed by atoms with E-state index in [1.54, 1.807) is 5.57 Å². The Hall–Kier alpha value is -2.49. The maximum atomic E-state index is 6.79. The molecule has 0 bridgehead atoms. The highest BCUT2D eigenvalue weighted by molar-refractivity contribution is 6.92. The Labute approximate surface area is 223 Å². The zero-order valence-electron chi connectivity index (χ0n) is 22.3. The highest BCUT2D eigenvalue weighted by atomic mass is 35.5. The molecule has 2 atom stereocenters. The quantitative estimate of drug-likeness (QED) is 0.290. The maximum absolute atomic E-state index is 6.79. The fraction of sp³-hybridized carbons (Fsp3) is 0.375. The van der Waals surface area contributed by atoms with Crippen molar-refractivity contribution < 1.29 is 4.74 Å². The molecule has 36 heavy (non-hydrogen) atoms. The lowest BCUT2D eigenvalue weighted by Crippen LogP contribution is -2.48. The summed E-state index contributed by atoms with van der Waals surface area (Å²) in [5, 5.41) is 2.08. The molecule has 1 saturated heterocycles. The summed E-state index contributed by atoms with van der Waals surface area (Å²) in [5.41, 5.74) is 7.24. The van der Waals surface area contributed by atoms with Gasteiger partial charge in [0.2, 0.25) is 0 Å². The SMILES string of the molecule is C=CCOc1c(C(C)(C)C)cc(Cl)cc1[Si](C)(C)C1C=C(N2CC3=CC=CCC3C2)c2ccccc21. The summed E-state index contributed by atoms with van der Waals surface area (Å²) in [6, 6.07) is 13.3. The molecule has 2 nitrogen and oxygen atoms in total. The van der Waals surface area contributed by atoms with Gasteiger partial charge in [-0.2, -0.15) is 0 Å². The number of likely N-dealkylation sites (tertiary alicyclic amines) is 1. The van der Waals surface area contributed by atoms with Gasteiger partial charge in [-0.15, -0.1) is 0 Å². The maximum Gasteiger partial charge on any atom is 0.122 e. The van der Waals surface area contributed by atoms with Crippen molar-refractivity contribution >= 4 is 30.6 Å². The van der Waals surface area contributed by atoms with E-state index in [0.29, 0.717) is 18.1 Å². The minimum Gasteiger partial charge on any atom is -0.489 e. The summed E-state index contributed by atoms with van der Waals surface area (Å²) in [6.45, 7) is 18.2. The summed E-state index contributed by atoms with van der Waals surface area (Å²) < 4.78 is 6.44. The monoisotopic (exact) mass is 515 g/mol. The van der Waals surface area contributed by atoms with Crippen LogP contribution in [-0.2, 0) is 5.41 Å². The van der Waals surface area contributed by atoms with Crippen molar-refractivity contribution in [2.75, 3.05) is 19.7 Å². The Morgan fingerprint density at radius 2 is 1.97 bits per heavy atom. The van der Waals surface area contributed by atoms with Crippen LogP contribution in [0.2, 0.25) is 18.1 Å². The molecule has 0 amide bonds. The highest BCUT2D eigenvalue weighted by Crippen LogP contribution is 2.46. The van der Waals surface area contributed by atoms with Gasteiger partial charge in [-0.25, -0.2) is 0 Å². The van der Waals surface area contributed by atoms with E-state index < -0.39 is 8.07 Å². The van der Waals surface area contributed by atoms with Crippen molar-refractivity contribution in [2.45, 2.75) is 51.2 Å². The first-order valence-corrected chi connectivity index (χ1v) is 16.6. The van der Waals surface area contributed by atoms with Gasteiger partial charge in [-0.3, -0.25) is 0 Å². The van der Waals surface area contributed by atoms with E-state index in [-0.39, 0.29) is 5.41 Å². The number of halogens is 1. The normalized spacial score (nSPS) is 21.1. The predicted octanol–water partition coefficient (Wildman–Crippen LogP) is 7.61. The van der Waals surface area contributed by atoms with E-state index in [0.717, 1.165) is 30.3 Å². The lowest BCUT2D eigenvalue weighted by molar-refractivity contribution is 0.354. The van der Waals surface area contributed by atoms with E-state index in [9.17, 15) is 0 Å². The Morgan fingerprint density at radius 3 is 2.69 bits per heavy atom. The Balaban J connectivity index is 1.61. The summed E-state index contributed by atoms with van der Waals surface area (Å²) in [7, 11) is -2.14. The molecule has 4 heteroatoms. The predicted molar refractivity (Wildman–Crippen MR) is 157 cm³/mol. The van der Waals surface area contributed by atoms with Gasteiger partial charge in [0.15, 0.2) is 0 Å². The average Bonchev–Trinajstić information content (AvgIpc) is 3.44. The minimum absolute atomic E-state index is 0.0805. The number of hydrogen-bond donors (Lipinski definition) is 0. The fourth-order valence-corrected chi connectivity index (χ4v) is 9.70. The zero-order chi connectivity index (χ0) is 25.7. The van der Waals surface area contributed by atoms with Gasteiger partial charge < -0.3 is 9.64 Å². The number of benzene rings is 2. The average molecular weight is 516 g/mol. The molecular formula is C32H38ClNOSi. The lowest BCUT2D eigenvalue weighted by Gasteiger charge is -2.34. The first kappa shape index (κ1) is 25.2. The molecule has 2 aromatic rings. The molecule has 5 rings (SSSR count). The van der Waals surface area contributed by atoms with Crippen molar-refractivity contribution in [3.05, 3.63) is 101 Å². The molecule has 0 saturated carbocycles. The van der Waals surface area contributed by atoms with Crippen LogP contribution in [0.5, 0.6) is 5.75 Å². The van der Waals surface area contributed by atoms with Crippen LogP contribution in [0.4, 0.5) is 0 Å². The van der Waals surface area contributed by atoms with Crippen LogP contribution < -0.4 is 9.92 Å². The third kappa shape index (κ3) is 4.41. The summed E-state index contributed by atoms with van der Waals surface area (Å²) in [6.07, 6.45) is 12.4. The number of ether oxygens (including phenoxy) is 1. The molecule has 2 aromatic carbocycles. The molecule has 0 aromatic heterocycles. The molecule has 2 unspecified atom stereocenters. The fourth-order valence-electron chi connectivity index (χ4n) is 6.14. The van der Waals surface area contributed by atoms with Crippen LogP contribution in [0.3, 0.4) is 0 Å². The second-order valence-electron chi connectivity index (χ2n) is 12.0. The molecule has 0 spiro atoms. The number of nitrogens with zero attached hydrogens (tertiary/aromatic N) is 1. The summed E-state index contributed by atoms with van der Waals surface area (Å²) in [5.74, 6) is 1.65. The van der Waals surface area contributed by atoms with E-state index in [2.05, 4.69) is 106 Å². The third-order valence-electron chi connectivity index (χ3n) is 8.12. The number of allylic oxidation sites excluding steroid dienone is 4. The first-order chi connectivity index (χ1) is 17.1. The summed E-state index contributed by atoms with van der Waals surface area (Å²) >= 11 is 6.79. The van der Waals surface area contributed by atoms with Gasteiger partial charge in [0.25, 0.3) is 0 Å². The minimum atomic E-state index is -2.14. The smallest absolute Gasteiger partial charge is 0.122 e. The second kappa shape index (κ2) is 9.43. The molecular weight excluding hydrogens is 478 g/mol. The molecule has 0 radical (unpaired) electrons. The molecule has 2 aliphatic carbocycles. The number of rotatable bonds is 6. The first-order valence-electron chi connectivity index (χ1n) is 13.1. The van der Waals surface area contributed by atoms with Crippen LogP contribution >= 0.6 is 11.6 Å². The Kier molecular flexibility index (Phi) is 6.59. The van der Waals surface area contributed by atoms with Crippen molar-refractivity contribution in [2.24, 2.45) is 5.92 Å². The van der Waals surface area contributed by atoms with E-state index in [1.807, 2.05) is 6.08 Å². The molecule has 3 aliphatic rings.